The summed E-state index contributed by atoms with van der Waals surface area (Å²) in [6.45, 7) is 2.01. The van der Waals surface area contributed by atoms with Crippen LogP contribution in [0.3, 0.4) is 0 Å². The second kappa shape index (κ2) is 3.91. The number of pyridine rings is 1. The van der Waals surface area contributed by atoms with Gasteiger partial charge in [0.05, 0.1) is 0 Å². The number of benzene rings is 1. The molecule has 0 spiro atoms. The zero-order chi connectivity index (χ0) is 10.8. The first kappa shape index (κ1) is 9.99. The number of anilines is 1. The summed E-state index contributed by atoms with van der Waals surface area (Å²) < 4.78 is 0. The van der Waals surface area contributed by atoms with Gasteiger partial charge in [-0.25, -0.2) is 4.98 Å². The third-order valence-electron chi connectivity index (χ3n) is 2.31. The van der Waals surface area contributed by atoms with Crippen LogP contribution in [-0.4, -0.2) is 4.98 Å². The van der Waals surface area contributed by atoms with E-state index in [-0.39, 0.29) is 0 Å². The van der Waals surface area contributed by atoms with Crippen molar-refractivity contribution in [3.63, 3.8) is 0 Å². The molecule has 0 saturated heterocycles. The highest BCUT2D eigenvalue weighted by atomic mass is 35.5. The van der Waals surface area contributed by atoms with Crippen molar-refractivity contribution >= 4 is 17.3 Å². The largest absolute Gasteiger partial charge is 0.399 e. The third-order valence-corrected chi connectivity index (χ3v) is 2.60. The molecule has 2 rings (SSSR count). The van der Waals surface area contributed by atoms with Crippen molar-refractivity contribution in [2.45, 2.75) is 6.92 Å². The van der Waals surface area contributed by atoms with Crippen LogP contribution >= 0.6 is 11.6 Å². The highest BCUT2D eigenvalue weighted by molar-refractivity contribution is 6.32. The Morgan fingerprint density at radius 3 is 2.40 bits per heavy atom. The number of nitrogens with zero attached hydrogens (tertiary/aromatic N) is 1. The van der Waals surface area contributed by atoms with Gasteiger partial charge in [0.25, 0.3) is 0 Å². The average molecular weight is 219 g/mol. The first-order valence-corrected chi connectivity index (χ1v) is 5.03. The molecule has 0 bridgehead atoms. The zero-order valence-corrected chi connectivity index (χ0v) is 9.12. The fourth-order valence-electron chi connectivity index (χ4n) is 1.52. The maximum atomic E-state index is 6.06. The Hall–Kier alpha value is -1.54. The molecule has 0 radical (unpaired) electrons. The van der Waals surface area contributed by atoms with Gasteiger partial charge >= 0.3 is 0 Å². The number of hydrogen-bond acceptors (Lipinski definition) is 2. The van der Waals surface area contributed by atoms with E-state index < -0.39 is 0 Å². The van der Waals surface area contributed by atoms with Crippen molar-refractivity contribution in [2.24, 2.45) is 0 Å². The number of nitrogen functional groups attached to an aromatic ring is 1. The Labute approximate surface area is 93.7 Å². The number of halogens is 1. The Bertz CT molecular complexity index is 457. The topological polar surface area (TPSA) is 38.9 Å². The molecule has 2 N–H and O–H groups in total. The first-order valence-electron chi connectivity index (χ1n) is 4.65. The zero-order valence-electron chi connectivity index (χ0n) is 8.37. The molecule has 1 aromatic heterocycles. The van der Waals surface area contributed by atoms with Crippen LogP contribution in [0.4, 0.5) is 5.69 Å². The van der Waals surface area contributed by atoms with E-state index in [1.165, 1.54) is 0 Å². The molecule has 0 aliphatic heterocycles. The molecule has 76 valence electrons. The standard InChI is InChI=1S/C12H11ClN2/c1-8-6-7-15-12(13)11(8)9-2-4-10(14)5-3-9/h2-7H,14H2,1H3. The van der Waals surface area contributed by atoms with Crippen molar-refractivity contribution in [2.75, 3.05) is 5.73 Å². The van der Waals surface area contributed by atoms with E-state index in [0.717, 1.165) is 22.4 Å². The van der Waals surface area contributed by atoms with Crippen molar-refractivity contribution in [3.8, 4) is 11.1 Å². The molecule has 1 heterocycles. The average Bonchev–Trinajstić information content (AvgIpc) is 2.20. The van der Waals surface area contributed by atoms with E-state index >= 15 is 0 Å². The molecule has 15 heavy (non-hydrogen) atoms. The minimum Gasteiger partial charge on any atom is -0.399 e. The lowest BCUT2D eigenvalue weighted by Crippen LogP contribution is -1.89. The van der Waals surface area contributed by atoms with Gasteiger partial charge in [-0.1, -0.05) is 23.7 Å². The summed E-state index contributed by atoms with van der Waals surface area (Å²) in [6, 6.07) is 9.56. The second-order valence-electron chi connectivity index (χ2n) is 3.42. The lowest BCUT2D eigenvalue weighted by Gasteiger charge is -2.07. The maximum absolute atomic E-state index is 6.06. The van der Waals surface area contributed by atoms with Crippen molar-refractivity contribution < 1.29 is 0 Å². The maximum Gasteiger partial charge on any atom is 0.137 e. The van der Waals surface area contributed by atoms with Crippen LogP contribution in [0.2, 0.25) is 5.15 Å². The summed E-state index contributed by atoms with van der Waals surface area (Å²) in [5.41, 5.74) is 9.50. The lowest BCUT2D eigenvalue weighted by molar-refractivity contribution is 1.29. The van der Waals surface area contributed by atoms with Crippen LogP contribution in [0.1, 0.15) is 5.56 Å². The molecular formula is C12H11ClN2. The van der Waals surface area contributed by atoms with E-state index in [4.69, 9.17) is 17.3 Å². The number of nitrogens with two attached hydrogens (primary N) is 1. The highest BCUT2D eigenvalue weighted by Crippen LogP contribution is 2.29. The van der Waals surface area contributed by atoms with Crippen molar-refractivity contribution in [3.05, 3.63) is 47.2 Å². The summed E-state index contributed by atoms with van der Waals surface area (Å²) in [7, 11) is 0. The SMILES string of the molecule is Cc1ccnc(Cl)c1-c1ccc(N)cc1. The van der Waals surface area contributed by atoms with Crippen molar-refractivity contribution in [1.82, 2.24) is 4.98 Å². The predicted molar refractivity (Wildman–Crippen MR) is 63.8 cm³/mol. The summed E-state index contributed by atoms with van der Waals surface area (Å²) in [6.07, 6.45) is 1.71. The fourth-order valence-corrected chi connectivity index (χ4v) is 1.84. The first-order chi connectivity index (χ1) is 7.18. The van der Waals surface area contributed by atoms with Gasteiger partial charge in [-0.15, -0.1) is 0 Å². The van der Waals surface area contributed by atoms with Gasteiger partial charge in [0.2, 0.25) is 0 Å². The van der Waals surface area contributed by atoms with E-state index in [9.17, 15) is 0 Å². The molecule has 0 aliphatic rings. The summed E-state index contributed by atoms with van der Waals surface area (Å²) in [4.78, 5) is 4.07. The van der Waals surface area contributed by atoms with E-state index in [2.05, 4.69) is 4.98 Å². The monoisotopic (exact) mass is 218 g/mol. The molecule has 0 aliphatic carbocycles. The highest BCUT2D eigenvalue weighted by Gasteiger charge is 2.06. The van der Waals surface area contributed by atoms with Gasteiger partial charge in [0, 0.05) is 17.4 Å². The Morgan fingerprint density at radius 1 is 1.13 bits per heavy atom. The molecule has 1 aromatic carbocycles. The quantitative estimate of drug-likeness (QED) is 0.589. The van der Waals surface area contributed by atoms with E-state index in [1.54, 1.807) is 6.20 Å². The molecule has 0 unspecified atom stereocenters. The van der Waals surface area contributed by atoms with Gasteiger partial charge in [0.15, 0.2) is 0 Å². The summed E-state index contributed by atoms with van der Waals surface area (Å²) in [5.74, 6) is 0. The molecule has 3 heteroatoms. The van der Waals surface area contributed by atoms with Gasteiger partial charge in [-0.2, -0.15) is 0 Å². The smallest absolute Gasteiger partial charge is 0.137 e. The lowest BCUT2D eigenvalue weighted by atomic mass is 10.0. The minimum atomic E-state index is 0.528. The molecule has 0 saturated carbocycles. The Balaban J connectivity index is 2.58. The number of hydrogen-bond donors (Lipinski definition) is 1. The van der Waals surface area contributed by atoms with E-state index in [0.29, 0.717) is 5.15 Å². The van der Waals surface area contributed by atoms with Crippen LogP contribution in [0.15, 0.2) is 36.5 Å². The van der Waals surface area contributed by atoms with Crippen LogP contribution in [0, 0.1) is 6.92 Å². The summed E-state index contributed by atoms with van der Waals surface area (Å²) >= 11 is 6.06. The summed E-state index contributed by atoms with van der Waals surface area (Å²) in [5, 5.41) is 0.528. The number of aryl methyl sites for hydroxylation is 1. The molecule has 2 aromatic rings. The Morgan fingerprint density at radius 2 is 1.80 bits per heavy atom. The second-order valence-corrected chi connectivity index (χ2v) is 3.77. The van der Waals surface area contributed by atoms with Gasteiger partial charge < -0.3 is 5.73 Å². The molecule has 0 fully saturated rings. The number of aromatic nitrogens is 1. The molecule has 2 nitrogen and oxygen atoms in total. The minimum absolute atomic E-state index is 0.528. The van der Waals surface area contributed by atoms with Crippen LogP contribution in [0.5, 0.6) is 0 Å². The molecule has 0 atom stereocenters. The van der Waals surface area contributed by atoms with Crippen LogP contribution in [0.25, 0.3) is 11.1 Å². The van der Waals surface area contributed by atoms with E-state index in [1.807, 2.05) is 37.3 Å². The molecular weight excluding hydrogens is 208 g/mol. The van der Waals surface area contributed by atoms with Gasteiger partial charge in [0.1, 0.15) is 5.15 Å². The van der Waals surface area contributed by atoms with Gasteiger partial charge in [-0.3, -0.25) is 0 Å². The van der Waals surface area contributed by atoms with Crippen molar-refractivity contribution in [1.29, 1.82) is 0 Å². The fraction of sp³-hybridized carbons (Fsp3) is 0.0833. The van der Waals surface area contributed by atoms with Gasteiger partial charge in [-0.05, 0) is 36.2 Å². The Kier molecular flexibility index (Phi) is 2.60. The van der Waals surface area contributed by atoms with Crippen LogP contribution < -0.4 is 5.73 Å². The third kappa shape index (κ3) is 1.95. The van der Waals surface area contributed by atoms with Crippen LogP contribution in [-0.2, 0) is 0 Å². The number of rotatable bonds is 1. The normalized spacial score (nSPS) is 10.3. The molecule has 0 amide bonds. The predicted octanol–water partition coefficient (Wildman–Crippen LogP) is 3.29.